The summed E-state index contributed by atoms with van der Waals surface area (Å²) in [7, 11) is 0. The zero-order chi connectivity index (χ0) is 14.0. The topological polar surface area (TPSA) is 32.3 Å². The number of benzene rings is 2. The van der Waals surface area contributed by atoms with Crippen LogP contribution in [-0.2, 0) is 0 Å². The Morgan fingerprint density at radius 3 is 2.68 bits per heavy atom. The van der Waals surface area contributed by atoms with Gasteiger partial charge in [-0.2, -0.15) is 0 Å². The molecule has 0 bridgehead atoms. The Balaban J connectivity index is 2.27. The van der Waals surface area contributed by atoms with E-state index in [0.717, 1.165) is 15.7 Å². The fourth-order valence-electron chi connectivity index (χ4n) is 1.93. The van der Waals surface area contributed by atoms with Crippen molar-refractivity contribution in [3.05, 3.63) is 57.8 Å². The van der Waals surface area contributed by atoms with E-state index < -0.39 is 0 Å². The molecule has 1 atom stereocenters. The van der Waals surface area contributed by atoms with E-state index in [-0.39, 0.29) is 17.6 Å². The number of hydrogen-bond donors (Lipinski definition) is 2. The maximum atomic E-state index is 13.2. The van der Waals surface area contributed by atoms with E-state index in [1.165, 1.54) is 18.2 Å². The first-order valence-electron chi connectivity index (χ1n) is 5.98. The second-order valence-electron chi connectivity index (χ2n) is 4.55. The Hall–Kier alpha value is -1.55. The highest BCUT2D eigenvalue weighted by Gasteiger charge is 2.12. The first-order valence-corrected chi connectivity index (χ1v) is 6.78. The molecule has 100 valence electrons. The summed E-state index contributed by atoms with van der Waals surface area (Å²) in [4.78, 5) is 0. The molecular formula is C15H15BrFNO. The third-order valence-corrected chi connectivity index (χ3v) is 3.64. The number of aryl methyl sites for hydroxylation is 1. The van der Waals surface area contributed by atoms with Crippen molar-refractivity contribution in [1.29, 1.82) is 0 Å². The van der Waals surface area contributed by atoms with Gasteiger partial charge in [0.15, 0.2) is 0 Å². The zero-order valence-corrected chi connectivity index (χ0v) is 12.3. The molecule has 0 fully saturated rings. The molecule has 2 rings (SSSR count). The van der Waals surface area contributed by atoms with E-state index in [0.29, 0.717) is 5.56 Å². The van der Waals surface area contributed by atoms with Crippen molar-refractivity contribution in [2.45, 2.75) is 19.9 Å². The molecular weight excluding hydrogens is 309 g/mol. The monoisotopic (exact) mass is 323 g/mol. The fraction of sp³-hybridized carbons (Fsp3) is 0.200. The molecule has 0 amide bonds. The fourth-order valence-corrected chi connectivity index (χ4v) is 2.29. The van der Waals surface area contributed by atoms with E-state index in [4.69, 9.17) is 0 Å². The van der Waals surface area contributed by atoms with E-state index in [2.05, 4.69) is 21.2 Å². The Bertz CT molecular complexity index is 601. The standard InChI is InChI=1S/C15H15BrFNO/c1-9-3-5-13(16)14(7-9)18-10(2)12-8-11(17)4-6-15(12)19/h3-8,10,18-19H,1-2H3. The number of anilines is 1. The van der Waals surface area contributed by atoms with Crippen LogP contribution in [0.25, 0.3) is 0 Å². The van der Waals surface area contributed by atoms with Crippen LogP contribution in [0, 0.1) is 12.7 Å². The van der Waals surface area contributed by atoms with Crippen molar-refractivity contribution in [1.82, 2.24) is 0 Å². The lowest BCUT2D eigenvalue weighted by molar-refractivity contribution is 0.462. The highest BCUT2D eigenvalue weighted by atomic mass is 79.9. The van der Waals surface area contributed by atoms with Gasteiger partial charge in [-0.15, -0.1) is 0 Å². The van der Waals surface area contributed by atoms with Gasteiger partial charge in [0.25, 0.3) is 0 Å². The van der Waals surface area contributed by atoms with Crippen LogP contribution in [0.1, 0.15) is 24.1 Å². The molecule has 0 spiro atoms. The zero-order valence-electron chi connectivity index (χ0n) is 10.7. The van der Waals surface area contributed by atoms with E-state index in [1.807, 2.05) is 32.0 Å². The molecule has 2 nitrogen and oxygen atoms in total. The van der Waals surface area contributed by atoms with Crippen LogP contribution in [0.4, 0.5) is 10.1 Å². The molecule has 0 radical (unpaired) electrons. The molecule has 2 aromatic rings. The first kappa shape index (κ1) is 13.9. The summed E-state index contributed by atoms with van der Waals surface area (Å²) in [5.41, 5.74) is 2.57. The summed E-state index contributed by atoms with van der Waals surface area (Å²) in [6, 6.07) is 9.71. The quantitative estimate of drug-likeness (QED) is 0.852. The van der Waals surface area contributed by atoms with Gasteiger partial charge < -0.3 is 10.4 Å². The first-order chi connectivity index (χ1) is 8.97. The lowest BCUT2D eigenvalue weighted by atomic mass is 10.1. The van der Waals surface area contributed by atoms with Crippen LogP contribution in [0.15, 0.2) is 40.9 Å². The smallest absolute Gasteiger partial charge is 0.123 e. The van der Waals surface area contributed by atoms with E-state index in [1.54, 1.807) is 0 Å². The Morgan fingerprint density at radius 2 is 1.95 bits per heavy atom. The van der Waals surface area contributed by atoms with Gasteiger partial charge in [-0.05, 0) is 65.7 Å². The number of hydrogen-bond acceptors (Lipinski definition) is 2. The SMILES string of the molecule is Cc1ccc(Br)c(NC(C)c2cc(F)ccc2O)c1. The summed E-state index contributed by atoms with van der Waals surface area (Å²) >= 11 is 3.47. The van der Waals surface area contributed by atoms with Crippen LogP contribution < -0.4 is 5.32 Å². The number of nitrogens with one attached hydrogen (secondary N) is 1. The molecule has 0 saturated heterocycles. The third-order valence-electron chi connectivity index (χ3n) is 2.95. The number of halogens is 2. The summed E-state index contributed by atoms with van der Waals surface area (Å²) in [5, 5.41) is 13.1. The van der Waals surface area contributed by atoms with Crippen molar-refractivity contribution in [3.8, 4) is 5.75 Å². The highest BCUT2D eigenvalue weighted by molar-refractivity contribution is 9.10. The van der Waals surface area contributed by atoms with Gasteiger partial charge in [-0.3, -0.25) is 0 Å². The van der Waals surface area contributed by atoms with Crippen LogP contribution >= 0.6 is 15.9 Å². The summed E-state index contributed by atoms with van der Waals surface area (Å²) in [6.07, 6.45) is 0. The minimum absolute atomic E-state index is 0.0881. The van der Waals surface area contributed by atoms with Crippen molar-refractivity contribution < 1.29 is 9.50 Å². The number of rotatable bonds is 3. The predicted octanol–water partition coefficient (Wildman–Crippen LogP) is 4.78. The molecule has 19 heavy (non-hydrogen) atoms. The highest BCUT2D eigenvalue weighted by Crippen LogP contribution is 2.31. The molecule has 1 unspecified atom stereocenters. The van der Waals surface area contributed by atoms with Crippen LogP contribution in [0.5, 0.6) is 5.75 Å². The number of phenols is 1. The lowest BCUT2D eigenvalue weighted by Crippen LogP contribution is -2.08. The molecule has 0 aromatic heterocycles. The van der Waals surface area contributed by atoms with Gasteiger partial charge in [0.05, 0.1) is 6.04 Å². The normalized spacial score (nSPS) is 12.2. The molecule has 0 heterocycles. The second-order valence-corrected chi connectivity index (χ2v) is 5.41. The average molecular weight is 324 g/mol. The summed E-state index contributed by atoms with van der Waals surface area (Å²) < 4.78 is 14.2. The molecule has 0 aliphatic heterocycles. The molecule has 2 N–H and O–H groups in total. The van der Waals surface area contributed by atoms with Gasteiger partial charge in [0, 0.05) is 15.7 Å². The largest absolute Gasteiger partial charge is 0.508 e. The maximum absolute atomic E-state index is 13.2. The predicted molar refractivity (Wildman–Crippen MR) is 79.0 cm³/mol. The second kappa shape index (κ2) is 5.61. The van der Waals surface area contributed by atoms with Crippen molar-refractivity contribution in [2.24, 2.45) is 0 Å². The van der Waals surface area contributed by atoms with Gasteiger partial charge in [-0.25, -0.2) is 4.39 Å². The Kier molecular flexibility index (Phi) is 4.10. The van der Waals surface area contributed by atoms with E-state index >= 15 is 0 Å². The third kappa shape index (κ3) is 3.26. The van der Waals surface area contributed by atoms with Crippen molar-refractivity contribution in [2.75, 3.05) is 5.32 Å². The molecule has 0 aliphatic rings. The molecule has 0 saturated carbocycles. The van der Waals surface area contributed by atoms with Gasteiger partial charge in [0.2, 0.25) is 0 Å². The molecule has 0 aliphatic carbocycles. The van der Waals surface area contributed by atoms with Crippen molar-refractivity contribution in [3.63, 3.8) is 0 Å². The Labute approximate surface area is 120 Å². The van der Waals surface area contributed by atoms with Crippen LogP contribution in [-0.4, -0.2) is 5.11 Å². The summed E-state index contributed by atoms with van der Waals surface area (Å²) in [5.74, 6) is -0.269. The van der Waals surface area contributed by atoms with E-state index in [9.17, 15) is 9.50 Å². The Morgan fingerprint density at radius 1 is 1.21 bits per heavy atom. The van der Waals surface area contributed by atoms with Gasteiger partial charge >= 0.3 is 0 Å². The molecule has 4 heteroatoms. The van der Waals surface area contributed by atoms with Crippen molar-refractivity contribution >= 4 is 21.6 Å². The summed E-state index contributed by atoms with van der Waals surface area (Å²) in [6.45, 7) is 3.88. The van der Waals surface area contributed by atoms with Gasteiger partial charge in [0.1, 0.15) is 11.6 Å². The number of aromatic hydroxyl groups is 1. The lowest BCUT2D eigenvalue weighted by Gasteiger charge is -2.18. The average Bonchev–Trinajstić information content (AvgIpc) is 2.36. The molecule has 2 aromatic carbocycles. The maximum Gasteiger partial charge on any atom is 0.123 e. The minimum Gasteiger partial charge on any atom is -0.508 e. The van der Waals surface area contributed by atoms with Crippen LogP contribution in [0.3, 0.4) is 0 Å². The number of phenolic OH excluding ortho intramolecular Hbond substituents is 1. The van der Waals surface area contributed by atoms with Gasteiger partial charge in [-0.1, -0.05) is 6.07 Å². The minimum atomic E-state index is -0.357. The van der Waals surface area contributed by atoms with Crippen LogP contribution in [0.2, 0.25) is 0 Å².